The minimum absolute atomic E-state index is 0.211. The van der Waals surface area contributed by atoms with Crippen LogP contribution in [0.3, 0.4) is 0 Å². The topological polar surface area (TPSA) is 76.7 Å². The molecular formula is C27H38O5. The van der Waals surface area contributed by atoms with E-state index in [1.807, 2.05) is 0 Å². The molecule has 1 N–H and O–H groups in total. The second-order valence-electron chi connectivity index (χ2n) is 8.43. The van der Waals surface area contributed by atoms with E-state index in [0.717, 1.165) is 63.2 Å². The maximum absolute atomic E-state index is 12.0. The fourth-order valence-electron chi connectivity index (χ4n) is 3.65. The van der Waals surface area contributed by atoms with Crippen LogP contribution in [0.1, 0.15) is 90.4 Å². The number of fused-ring (bicyclic) bond motifs is 1. The second-order valence-corrected chi connectivity index (χ2v) is 8.43. The molecule has 1 aromatic heterocycles. The van der Waals surface area contributed by atoms with E-state index >= 15 is 0 Å². The minimum atomic E-state index is -0.428. The van der Waals surface area contributed by atoms with Crippen LogP contribution in [0.15, 0.2) is 51.7 Å². The molecular weight excluding hydrogens is 404 g/mol. The number of aliphatic hydroxyl groups is 1. The molecule has 176 valence electrons. The number of hydrogen-bond acceptors (Lipinski definition) is 5. The largest absolute Gasteiger partial charge is 0.426 e. The predicted octanol–water partition coefficient (Wildman–Crippen LogP) is 6.71. The molecule has 2 aromatic rings. The van der Waals surface area contributed by atoms with Gasteiger partial charge >= 0.3 is 11.6 Å². The number of carbonyl (C=O) groups excluding carboxylic acids is 1. The van der Waals surface area contributed by atoms with Crippen LogP contribution in [0.25, 0.3) is 11.0 Å². The van der Waals surface area contributed by atoms with Gasteiger partial charge in [0.2, 0.25) is 0 Å². The highest BCUT2D eigenvalue weighted by Gasteiger charge is 2.07. The van der Waals surface area contributed by atoms with E-state index in [9.17, 15) is 14.7 Å². The third-order valence-corrected chi connectivity index (χ3v) is 5.55. The van der Waals surface area contributed by atoms with Crippen LogP contribution in [0.2, 0.25) is 0 Å². The maximum atomic E-state index is 12.0. The van der Waals surface area contributed by atoms with Gasteiger partial charge in [-0.15, -0.1) is 0 Å². The van der Waals surface area contributed by atoms with Gasteiger partial charge in [-0.05, 0) is 56.7 Å². The van der Waals surface area contributed by atoms with Gasteiger partial charge in [-0.25, -0.2) is 4.79 Å². The van der Waals surface area contributed by atoms with Crippen molar-refractivity contribution in [3.05, 3.63) is 52.9 Å². The molecule has 0 saturated carbocycles. The van der Waals surface area contributed by atoms with Crippen molar-refractivity contribution in [3.63, 3.8) is 0 Å². The normalized spacial score (nSPS) is 12.4. The monoisotopic (exact) mass is 442 g/mol. The molecule has 0 aliphatic rings. The molecule has 1 aromatic carbocycles. The summed E-state index contributed by atoms with van der Waals surface area (Å²) in [6.07, 6.45) is 17.1. The van der Waals surface area contributed by atoms with Gasteiger partial charge in [-0.2, -0.15) is 0 Å². The molecule has 1 atom stereocenters. The Balaban J connectivity index is 1.49. The van der Waals surface area contributed by atoms with E-state index in [0.29, 0.717) is 17.8 Å². The highest BCUT2D eigenvalue weighted by Crippen LogP contribution is 2.20. The van der Waals surface area contributed by atoms with Crippen molar-refractivity contribution in [1.82, 2.24) is 0 Å². The Morgan fingerprint density at radius 3 is 2.56 bits per heavy atom. The molecule has 0 aliphatic heterocycles. The van der Waals surface area contributed by atoms with Crippen LogP contribution >= 0.6 is 0 Å². The van der Waals surface area contributed by atoms with Crippen molar-refractivity contribution >= 4 is 16.9 Å². The molecule has 5 nitrogen and oxygen atoms in total. The van der Waals surface area contributed by atoms with E-state index in [1.54, 1.807) is 24.3 Å². The van der Waals surface area contributed by atoms with Crippen LogP contribution in [0, 0.1) is 0 Å². The van der Waals surface area contributed by atoms with Gasteiger partial charge in [-0.1, -0.05) is 57.6 Å². The van der Waals surface area contributed by atoms with Gasteiger partial charge in [-0.3, -0.25) is 4.79 Å². The number of ether oxygens (including phenoxy) is 1. The second kappa shape index (κ2) is 15.4. The predicted molar refractivity (Wildman–Crippen MR) is 129 cm³/mol. The minimum Gasteiger partial charge on any atom is -0.426 e. The molecule has 0 saturated heterocycles. The lowest BCUT2D eigenvalue weighted by atomic mass is 10.0. The van der Waals surface area contributed by atoms with Gasteiger partial charge in [0.1, 0.15) is 11.3 Å². The van der Waals surface area contributed by atoms with Crippen molar-refractivity contribution in [1.29, 1.82) is 0 Å². The molecule has 0 spiro atoms. The molecule has 0 bridgehead atoms. The lowest BCUT2D eigenvalue weighted by Crippen LogP contribution is -2.07. The summed E-state index contributed by atoms with van der Waals surface area (Å²) < 4.78 is 10.5. The first-order chi connectivity index (χ1) is 15.6. The van der Waals surface area contributed by atoms with E-state index in [2.05, 4.69) is 19.1 Å². The molecule has 1 heterocycles. The number of allylic oxidation sites excluding steroid dienone is 2. The number of hydrogen-bond donors (Lipinski definition) is 1. The Bertz CT molecular complexity index is 883. The summed E-state index contributed by atoms with van der Waals surface area (Å²) in [6.45, 7) is 2.21. The summed E-state index contributed by atoms with van der Waals surface area (Å²) >= 11 is 0. The van der Waals surface area contributed by atoms with Crippen LogP contribution in [-0.4, -0.2) is 17.2 Å². The Morgan fingerprint density at radius 2 is 1.72 bits per heavy atom. The van der Waals surface area contributed by atoms with Crippen LogP contribution in [0.5, 0.6) is 5.75 Å². The average Bonchev–Trinajstić information content (AvgIpc) is 2.77. The fraction of sp³-hybridized carbons (Fsp3) is 0.556. The lowest BCUT2D eigenvalue weighted by molar-refractivity contribution is -0.134. The molecule has 0 fully saturated rings. The molecule has 1 unspecified atom stereocenters. The van der Waals surface area contributed by atoms with Crippen molar-refractivity contribution in [2.24, 2.45) is 0 Å². The van der Waals surface area contributed by atoms with Crippen molar-refractivity contribution in [2.75, 3.05) is 0 Å². The standard InChI is InChI=1S/C27H38O5/c1-2-3-4-5-6-8-11-14-23(28)15-12-9-7-10-13-16-26(29)31-24-19-17-22-18-20-27(30)32-25(22)21-24/h6,8,17-21,23,28H,2-5,7,9-16H2,1H3/b8-6-. The first-order valence-corrected chi connectivity index (χ1v) is 12.2. The Hall–Kier alpha value is -2.40. The summed E-state index contributed by atoms with van der Waals surface area (Å²) in [5, 5.41) is 10.9. The summed E-state index contributed by atoms with van der Waals surface area (Å²) in [4.78, 5) is 23.4. The highest BCUT2D eigenvalue weighted by atomic mass is 16.5. The fourth-order valence-corrected chi connectivity index (χ4v) is 3.65. The number of aliphatic hydroxyl groups excluding tert-OH is 1. The van der Waals surface area contributed by atoms with Crippen LogP contribution < -0.4 is 10.4 Å². The van der Waals surface area contributed by atoms with Crippen molar-refractivity contribution < 1.29 is 19.1 Å². The third-order valence-electron chi connectivity index (χ3n) is 5.55. The molecule has 0 radical (unpaired) electrons. The molecule has 32 heavy (non-hydrogen) atoms. The van der Waals surface area contributed by atoms with Gasteiger partial charge in [0.25, 0.3) is 0 Å². The van der Waals surface area contributed by atoms with Gasteiger partial charge in [0.05, 0.1) is 6.10 Å². The van der Waals surface area contributed by atoms with Crippen molar-refractivity contribution in [3.8, 4) is 5.75 Å². The van der Waals surface area contributed by atoms with Crippen molar-refractivity contribution in [2.45, 2.75) is 96.5 Å². The van der Waals surface area contributed by atoms with E-state index in [1.165, 1.54) is 25.3 Å². The van der Waals surface area contributed by atoms with Gasteiger partial charge in [0, 0.05) is 23.9 Å². The van der Waals surface area contributed by atoms with Crippen LogP contribution in [-0.2, 0) is 4.79 Å². The van der Waals surface area contributed by atoms with Crippen LogP contribution in [0.4, 0.5) is 0 Å². The molecule has 0 amide bonds. The SMILES string of the molecule is CCCCC/C=C\CCC(O)CCCCCCCC(=O)Oc1ccc2ccc(=O)oc2c1. The number of benzene rings is 1. The molecule has 0 aliphatic carbocycles. The van der Waals surface area contributed by atoms with E-state index in [-0.39, 0.29) is 12.1 Å². The van der Waals surface area contributed by atoms with E-state index < -0.39 is 5.63 Å². The Labute approximate surface area is 191 Å². The van der Waals surface area contributed by atoms with E-state index in [4.69, 9.17) is 9.15 Å². The smallest absolute Gasteiger partial charge is 0.336 e. The number of rotatable bonds is 16. The molecule has 5 heteroatoms. The summed E-state index contributed by atoms with van der Waals surface area (Å²) in [7, 11) is 0. The lowest BCUT2D eigenvalue weighted by Gasteiger charge is -2.09. The number of carbonyl (C=O) groups is 1. The Kier molecular flexibility index (Phi) is 12.5. The maximum Gasteiger partial charge on any atom is 0.336 e. The first kappa shape index (κ1) is 25.9. The summed E-state index contributed by atoms with van der Waals surface area (Å²) in [5.74, 6) is 0.113. The molecule has 2 rings (SSSR count). The summed E-state index contributed by atoms with van der Waals surface area (Å²) in [6, 6.07) is 8.08. The quantitative estimate of drug-likeness (QED) is 0.103. The third kappa shape index (κ3) is 10.8. The zero-order valence-corrected chi connectivity index (χ0v) is 19.4. The Morgan fingerprint density at radius 1 is 0.969 bits per heavy atom. The van der Waals surface area contributed by atoms with Gasteiger partial charge in [0.15, 0.2) is 0 Å². The highest BCUT2D eigenvalue weighted by molar-refractivity contribution is 5.79. The first-order valence-electron chi connectivity index (χ1n) is 12.2. The average molecular weight is 443 g/mol. The summed E-state index contributed by atoms with van der Waals surface area (Å²) in [5.41, 5.74) is -0.0175. The number of esters is 1. The van der Waals surface area contributed by atoms with Gasteiger partial charge < -0.3 is 14.3 Å². The number of unbranched alkanes of at least 4 members (excludes halogenated alkanes) is 7. The zero-order valence-electron chi connectivity index (χ0n) is 19.4. The zero-order chi connectivity index (χ0) is 23.0.